The molecule has 9 heavy (non-hydrogen) atoms. The summed E-state index contributed by atoms with van der Waals surface area (Å²) in [6.45, 7) is 5.61. The van der Waals surface area contributed by atoms with Crippen LogP contribution in [0.15, 0.2) is 12.7 Å². The number of aliphatic hydroxyl groups is 1. The third kappa shape index (κ3) is 1.16. The minimum Gasteiger partial charge on any atom is -0.386 e. The highest BCUT2D eigenvalue weighted by Gasteiger charge is 2.39. The minimum atomic E-state index is -0.542. The summed E-state index contributed by atoms with van der Waals surface area (Å²) < 4.78 is 0. The van der Waals surface area contributed by atoms with Crippen molar-refractivity contribution in [3.05, 3.63) is 12.7 Å². The van der Waals surface area contributed by atoms with Crippen LogP contribution in [0.4, 0.5) is 0 Å². The highest BCUT2D eigenvalue weighted by Crippen LogP contribution is 2.41. The SMILES string of the molecule is C=CC(O)(CC)C1CC1. The zero-order chi connectivity index (χ0) is 6.91. The van der Waals surface area contributed by atoms with E-state index in [1.165, 1.54) is 12.8 Å². The molecular weight excluding hydrogens is 112 g/mol. The van der Waals surface area contributed by atoms with Crippen molar-refractivity contribution in [2.75, 3.05) is 0 Å². The van der Waals surface area contributed by atoms with E-state index in [2.05, 4.69) is 6.58 Å². The van der Waals surface area contributed by atoms with Crippen LogP contribution in [0.3, 0.4) is 0 Å². The molecule has 52 valence electrons. The summed E-state index contributed by atoms with van der Waals surface area (Å²) in [6, 6.07) is 0. The van der Waals surface area contributed by atoms with Gasteiger partial charge >= 0.3 is 0 Å². The molecule has 1 N–H and O–H groups in total. The van der Waals surface area contributed by atoms with Crippen molar-refractivity contribution in [1.29, 1.82) is 0 Å². The summed E-state index contributed by atoms with van der Waals surface area (Å²) in [7, 11) is 0. The highest BCUT2D eigenvalue weighted by atomic mass is 16.3. The normalized spacial score (nSPS) is 25.1. The van der Waals surface area contributed by atoms with Gasteiger partial charge in [-0.2, -0.15) is 0 Å². The van der Waals surface area contributed by atoms with Crippen LogP contribution in [-0.2, 0) is 0 Å². The molecule has 0 bridgehead atoms. The molecule has 0 amide bonds. The molecular formula is C8H14O. The van der Waals surface area contributed by atoms with Crippen molar-refractivity contribution < 1.29 is 5.11 Å². The second-order valence-electron chi connectivity index (χ2n) is 2.82. The first-order valence-corrected chi connectivity index (χ1v) is 3.59. The first kappa shape index (κ1) is 6.81. The van der Waals surface area contributed by atoms with Gasteiger partial charge in [-0.05, 0) is 25.2 Å². The first-order chi connectivity index (χ1) is 4.23. The van der Waals surface area contributed by atoms with Crippen molar-refractivity contribution >= 4 is 0 Å². The summed E-state index contributed by atoms with van der Waals surface area (Å²) in [5.41, 5.74) is -0.542. The quantitative estimate of drug-likeness (QED) is 0.571. The van der Waals surface area contributed by atoms with Gasteiger partial charge in [0.2, 0.25) is 0 Å². The Kier molecular flexibility index (Phi) is 1.62. The van der Waals surface area contributed by atoms with Gasteiger partial charge in [0.15, 0.2) is 0 Å². The maximum Gasteiger partial charge on any atom is 0.0850 e. The van der Waals surface area contributed by atoms with E-state index in [1.807, 2.05) is 6.92 Å². The molecule has 1 aliphatic carbocycles. The molecule has 0 radical (unpaired) electrons. The standard InChI is InChI=1S/C8H14O/c1-3-8(9,4-2)7-5-6-7/h3,7,9H,1,4-6H2,2H3. The fourth-order valence-electron chi connectivity index (χ4n) is 1.18. The molecule has 1 fully saturated rings. The third-order valence-corrected chi connectivity index (χ3v) is 2.20. The Morgan fingerprint density at radius 3 is 2.44 bits per heavy atom. The molecule has 0 aromatic carbocycles. The molecule has 1 saturated carbocycles. The molecule has 1 aliphatic rings. The van der Waals surface area contributed by atoms with E-state index in [0.717, 1.165) is 6.42 Å². The summed E-state index contributed by atoms with van der Waals surface area (Å²) in [4.78, 5) is 0. The molecule has 0 spiro atoms. The molecule has 0 aliphatic heterocycles. The van der Waals surface area contributed by atoms with Crippen molar-refractivity contribution in [2.45, 2.75) is 31.8 Å². The number of hydrogen-bond donors (Lipinski definition) is 1. The fraction of sp³-hybridized carbons (Fsp3) is 0.750. The number of rotatable bonds is 3. The lowest BCUT2D eigenvalue weighted by atomic mass is 9.95. The van der Waals surface area contributed by atoms with Crippen LogP contribution in [0.1, 0.15) is 26.2 Å². The van der Waals surface area contributed by atoms with Gasteiger partial charge in [-0.15, -0.1) is 6.58 Å². The molecule has 1 heteroatoms. The Hall–Kier alpha value is -0.300. The van der Waals surface area contributed by atoms with Gasteiger partial charge in [0.25, 0.3) is 0 Å². The van der Waals surface area contributed by atoms with E-state index in [-0.39, 0.29) is 0 Å². The smallest absolute Gasteiger partial charge is 0.0850 e. The molecule has 1 unspecified atom stereocenters. The van der Waals surface area contributed by atoms with E-state index >= 15 is 0 Å². The predicted octanol–water partition coefficient (Wildman–Crippen LogP) is 1.72. The Morgan fingerprint density at radius 2 is 2.33 bits per heavy atom. The van der Waals surface area contributed by atoms with Crippen molar-refractivity contribution in [2.24, 2.45) is 5.92 Å². The maximum atomic E-state index is 9.65. The van der Waals surface area contributed by atoms with Gasteiger partial charge in [-0.25, -0.2) is 0 Å². The summed E-state index contributed by atoms with van der Waals surface area (Å²) >= 11 is 0. The first-order valence-electron chi connectivity index (χ1n) is 3.59. The second-order valence-corrected chi connectivity index (χ2v) is 2.82. The Labute approximate surface area is 56.4 Å². The molecule has 0 heterocycles. The average Bonchev–Trinajstić information content (AvgIpc) is 2.68. The second kappa shape index (κ2) is 2.14. The van der Waals surface area contributed by atoms with Gasteiger partial charge in [-0.1, -0.05) is 13.0 Å². The molecule has 1 atom stereocenters. The zero-order valence-electron chi connectivity index (χ0n) is 5.93. The summed E-state index contributed by atoms with van der Waals surface area (Å²) in [5, 5.41) is 9.65. The van der Waals surface area contributed by atoms with Crippen LogP contribution in [-0.4, -0.2) is 10.7 Å². The van der Waals surface area contributed by atoms with E-state index in [4.69, 9.17) is 0 Å². The lowest BCUT2D eigenvalue weighted by Crippen LogP contribution is -2.26. The van der Waals surface area contributed by atoms with Crippen LogP contribution >= 0.6 is 0 Å². The lowest BCUT2D eigenvalue weighted by Gasteiger charge is -2.21. The zero-order valence-corrected chi connectivity index (χ0v) is 5.93. The largest absolute Gasteiger partial charge is 0.386 e. The highest BCUT2D eigenvalue weighted by molar-refractivity contribution is 5.04. The van der Waals surface area contributed by atoms with Gasteiger partial charge in [0.05, 0.1) is 5.60 Å². The van der Waals surface area contributed by atoms with Gasteiger partial charge in [0.1, 0.15) is 0 Å². The van der Waals surface area contributed by atoms with Crippen molar-refractivity contribution in [3.63, 3.8) is 0 Å². The molecule has 1 nitrogen and oxygen atoms in total. The third-order valence-electron chi connectivity index (χ3n) is 2.20. The van der Waals surface area contributed by atoms with Gasteiger partial charge < -0.3 is 5.11 Å². The van der Waals surface area contributed by atoms with E-state index in [9.17, 15) is 5.11 Å². The lowest BCUT2D eigenvalue weighted by molar-refractivity contribution is 0.0638. The van der Waals surface area contributed by atoms with Crippen molar-refractivity contribution in [3.8, 4) is 0 Å². The molecule has 0 saturated heterocycles. The topological polar surface area (TPSA) is 20.2 Å². The molecule has 0 aromatic rings. The predicted molar refractivity (Wildman–Crippen MR) is 38.2 cm³/mol. The van der Waals surface area contributed by atoms with E-state index in [1.54, 1.807) is 6.08 Å². The Balaban J connectivity index is 2.53. The Morgan fingerprint density at radius 1 is 1.78 bits per heavy atom. The summed E-state index contributed by atoms with van der Waals surface area (Å²) in [6.07, 6.45) is 4.85. The van der Waals surface area contributed by atoms with Gasteiger partial charge in [-0.3, -0.25) is 0 Å². The van der Waals surface area contributed by atoms with E-state index in [0.29, 0.717) is 5.92 Å². The van der Waals surface area contributed by atoms with Crippen LogP contribution in [0.2, 0.25) is 0 Å². The minimum absolute atomic E-state index is 0.514. The van der Waals surface area contributed by atoms with E-state index < -0.39 is 5.60 Å². The van der Waals surface area contributed by atoms with Crippen LogP contribution < -0.4 is 0 Å². The summed E-state index contributed by atoms with van der Waals surface area (Å²) in [5.74, 6) is 0.514. The van der Waals surface area contributed by atoms with Crippen LogP contribution in [0, 0.1) is 5.92 Å². The monoisotopic (exact) mass is 126 g/mol. The van der Waals surface area contributed by atoms with Gasteiger partial charge in [0, 0.05) is 0 Å². The van der Waals surface area contributed by atoms with Crippen molar-refractivity contribution in [1.82, 2.24) is 0 Å². The molecule has 0 aromatic heterocycles. The fourth-order valence-corrected chi connectivity index (χ4v) is 1.18. The van der Waals surface area contributed by atoms with Crippen LogP contribution in [0.5, 0.6) is 0 Å². The maximum absolute atomic E-state index is 9.65. The number of hydrogen-bond acceptors (Lipinski definition) is 1. The average molecular weight is 126 g/mol. The molecule has 1 rings (SSSR count). The van der Waals surface area contributed by atoms with Crippen LogP contribution in [0.25, 0.3) is 0 Å². The Bertz CT molecular complexity index is 116.